The number of alkyl halides is 1. The molecule has 2 aromatic heterocycles. The molecule has 5 atom stereocenters. The lowest BCUT2D eigenvalue weighted by atomic mass is 9.95. The van der Waals surface area contributed by atoms with Crippen LogP contribution in [0.25, 0.3) is 32.1 Å². The number of anilines is 2. The third-order valence-corrected chi connectivity index (χ3v) is 13.1. The Labute approximate surface area is 352 Å². The summed E-state index contributed by atoms with van der Waals surface area (Å²) >= 11 is 8.38. The number of aromatic nitrogens is 2. The average Bonchev–Trinajstić information content (AvgIpc) is 3.87. The van der Waals surface area contributed by atoms with Crippen LogP contribution in [0.5, 0.6) is 11.8 Å². The summed E-state index contributed by atoms with van der Waals surface area (Å²) in [4.78, 5) is 41.4. The SMILES string of the molecule is [2H]C([2H])(Oc1nc2c3c(c(Cl)c(-c4cccc5sc(NC(=O)OC(C)(C)C)c(C#N)c45)c(F)c3n1)OC[C@@H]1[C@@H]3CC[C@H](CN21)N3C(=O)OC(C)(C)C)[C@@]12CCCN1C[C@H](F)C2. The third kappa shape index (κ3) is 6.82. The van der Waals surface area contributed by atoms with Crippen molar-refractivity contribution in [3.8, 4) is 29.0 Å². The van der Waals surface area contributed by atoms with Crippen molar-refractivity contribution >= 4 is 66.9 Å². The van der Waals surface area contributed by atoms with E-state index in [1.807, 2.05) is 4.90 Å². The van der Waals surface area contributed by atoms with E-state index in [2.05, 4.69) is 16.4 Å². The molecule has 0 unspecified atom stereocenters. The molecule has 4 fully saturated rings. The summed E-state index contributed by atoms with van der Waals surface area (Å²) in [5, 5.41) is 13.7. The van der Waals surface area contributed by atoms with Gasteiger partial charge in [0.1, 0.15) is 52.9 Å². The molecule has 59 heavy (non-hydrogen) atoms. The number of nitrogens with zero attached hydrogens (tertiary/aromatic N) is 6. The molecule has 0 aliphatic carbocycles. The van der Waals surface area contributed by atoms with Gasteiger partial charge in [-0.1, -0.05) is 23.7 Å². The summed E-state index contributed by atoms with van der Waals surface area (Å²) in [6.45, 7) is 8.90. The lowest BCUT2D eigenvalue weighted by molar-refractivity contribution is 0.00542. The van der Waals surface area contributed by atoms with Crippen molar-refractivity contribution in [1.29, 1.82) is 5.26 Å². The van der Waals surface area contributed by atoms with E-state index in [1.54, 1.807) is 69.5 Å². The second kappa shape index (κ2) is 14.2. The number of hydrogen-bond donors (Lipinski definition) is 1. The lowest BCUT2D eigenvalue weighted by Crippen LogP contribution is -2.63. The Kier molecular flexibility index (Phi) is 8.97. The minimum atomic E-state index is -2.49. The van der Waals surface area contributed by atoms with Gasteiger partial charge in [0.05, 0.1) is 42.4 Å². The van der Waals surface area contributed by atoms with Crippen molar-refractivity contribution in [1.82, 2.24) is 19.8 Å². The van der Waals surface area contributed by atoms with Crippen molar-refractivity contribution in [3.63, 3.8) is 0 Å². The van der Waals surface area contributed by atoms with Gasteiger partial charge in [0.15, 0.2) is 11.6 Å². The maximum atomic E-state index is 17.8. The zero-order chi connectivity index (χ0) is 43.6. The number of benzene rings is 2. The fourth-order valence-corrected chi connectivity index (χ4v) is 10.9. The topological polar surface area (TPSA) is 142 Å². The smallest absolute Gasteiger partial charge is 0.412 e. The largest absolute Gasteiger partial charge is 0.489 e. The molecule has 5 aliphatic heterocycles. The van der Waals surface area contributed by atoms with Crippen LogP contribution < -0.4 is 19.7 Å². The molecule has 7 heterocycles. The number of carbonyl (C=O) groups is 2. The van der Waals surface area contributed by atoms with Gasteiger partial charge in [0.2, 0.25) is 0 Å². The number of amides is 2. The van der Waals surface area contributed by atoms with E-state index in [9.17, 15) is 22.0 Å². The monoisotopic (exact) mass is 851 g/mol. The molecule has 9 rings (SSSR count). The van der Waals surface area contributed by atoms with Crippen LogP contribution in [0, 0.1) is 17.1 Å². The molecular weight excluding hydrogens is 804 g/mol. The minimum absolute atomic E-state index is 0.00400. The number of fused-ring (bicyclic) bond motifs is 7. The summed E-state index contributed by atoms with van der Waals surface area (Å²) < 4.78 is 75.9. The number of piperazine rings is 1. The summed E-state index contributed by atoms with van der Waals surface area (Å²) in [5.41, 5.74) is -3.00. The molecule has 2 bridgehead atoms. The van der Waals surface area contributed by atoms with Crippen molar-refractivity contribution in [2.24, 2.45) is 0 Å². The number of thiophene rings is 1. The highest BCUT2D eigenvalue weighted by molar-refractivity contribution is 7.23. The minimum Gasteiger partial charge on any atom is -0.489 e. The molecule has 2 amide bonds. The first kappa shape index (κ1) is 37.3. The second-order valence-electron chi connectivity index (χ2n) is 17.9. The predicted molar refractivity (Wildman–Crippen MR) is 220 cm³/mol. The van der Waals surface area contributed by atoms with Gasteiger partial charge in [0, 0.05) is 35.2 Å². The molecule has 1 N–H and O–H groups in total. The quantitative estimate of drug-likeness (QED) is 0.206. The second-order valence-corrected chi connectivity index (χ2v) is 19.3. The van der Waals surface area contributed by atoms with Gasteiger partial charge >= 0.3 is 18.2 Å². The normalized spacial score (nSPS) is 25.8. The van der Waals surface area contributed by atoms with Crippen molar-refractivity contribution < 1.29 is 40.1 Å². The Bertz CT molecular complexity index is 2550. The number of hydrogen-bond acceptors (Lipinski definition) is 12. The maximum absolute atomic E-state index is 17.8. The van der Waals surface area contributed by atoms with Crippen LogP contribution in [-0.2, 0) is 9.47 Å². The van der Waals surface area contributed by atoms with Crippen molar-refractivity contribution in [2.45, 2.75) is 115 Å². The molecule has 0 saturated carbocycles. The first-order chi connectivity index (χ1) is 28.7. The van der Waals surface area contributed by atoms with Gasteiger partial charge < -0.3 is 23.8 Å². The van der Waals surface area contributed by atoms with Crippen molar-refractivity contribution in [2.75, 3.05) is 43.0 Å². The predicted octanol–water partition coefficient (Wildman–Crippen LogP) is 8.83. The number of halogens is 3. The van der Waals surface area contributed by atoms with Crippen LogP contribution in [0.3, 0.4) is 0 Å². The average molecular weight is 852 g/mol. The zero-order valence-corrected chi connectivity index (χ0v) is 35.2. The number of rotatable bonds is 5. The summed E-state index contributed by atoms with van der Waals surface area (Å²) in [6.07, 6.45) is -0.278. The molecule has 4 aromatic rings. The van der Waals surface area contributed by atoms with Crippen LogP contribution >= 0.6 is 22.9 Å². The molecule has 4 saturated heterocycles. The van der Waals surface area contributed by atoms with Gasteiger partial charge in [-0.3, -0.25) is 15.1 Å². The summed E-state index contributed by atoms with van der Waals surface area (Å²) in [6, 6.07) is 5.49. The van der Waals surface area contributed by atoms with E-state index in [4.69, 9.17) is 35.5 Å². The Morgan fingerprint density at radius 3 is 2.66 bits per heavy atom. The van der Waals surface area contributed by atoms with Crippen molar-refractivity contribution in [3.05, 3.63) is 34.6 Å². The highest BCUT2D eigenvalue weighted by Crippen LogP contribution is 2.52. The molecule has 2 aromatic carbocycles. The maximum Gasteiger partial charge on any atom is 0.412 e. The molecule has 5 aliphatic rings. The van der Waals surface area contributed by atoms with Gasteiger partial charge in [0.25, 0.3) is 0 Å². The number of carbonyl (C=O) groups excluding carboxylic acids is 2. The van der Waals surface area contributed by atoms with Crippen LogP contribution in [0.1, 0.15) is 82.0 Å². The van der Waals surface area contributed by atoms with E-state index in [0.717, 1.165) is 11.3 Å². The fraction of sp³-hybridized carbons (Fsp3) is 0.548. The summed E-state index contributed by atoms with van der Waals surface area (Å²) in [7, 11) is 0. The fourth-order valence-electron chi connectivity index (χ4n) is 9.46. The Balaban J connectivity index is 1.22. The van der Waals surface area contributed by atoms with Crippen LogP contribution in [0.15, 0.2) is 18.2 Å². The molecular formula is C42H46ClF2N7O6S. The first-order valence-electron chi connectivity index (χ1n) is 20.9. The van der Waals surface area contributed by atoms with E-state index in [1.165, 1.54) is 0 Å². The number of nitriles is 1. The Morgan fingerprint density at radius 2 is 1.92 bits per heavy atom. The number of ether oxygens (including phenoxy) is 4. The Morgan fingerprint density at radius 1 is 1.14 bits per heavy atom. The third-order valence-electron chi connectivity index (χ3n) is 11.7. The van der Waals surface area contributed by atoms with E-state index < -0.39 is 65.6 Å². The molecule has 13 nitrogen and oxygen atoms in total. The highest BCUT2D eigenvalue weighted by atomic mass is 35.5. The van der Waals surface area contributed by atoms with Gasteiger partial charge in [-0.15, -0.1) is 11.3 Å². The van der Waals surface area contributed by atoms with Crippen LogP contribution in [0.2, 0.25) is 5.02 Å². The standard InChI is InChI=1S/C42H46ClF2N7O6S/c1-40(2,3)57-38(53)49-36-24(16-46)28-23(9-7-10-27(28)59-36)29-31(43)34-30-33(32(29)45)47-37(56-20-42-13-8-14-50(42)17-21(44)15-42)48-35(30)51-18-22-11-12-25(26(51)19-55-34)52(22)39(54)58-41(4,5)6/h7,9-10,21-22,25-26H,8,11-15,17-20H2,1-6H3,(H,49,53)/t21-,22-,25+,26-,42+/m1/s1/i20D2. The highest BCUT2D eigenvalue weighted by Gasteiger charge is 2.53. The van der Waals surface area contributed by atoms with Crippen LogP contribution in [-0.4, -0.2) is 106 Å². The molecule has 0 radical (unpaired) electrons. The van der Waals surface area contributed by atoms with Gasteiger partial charge in [-0.05, 0) is 85.4 Å². The number of nitrogens with one attached hydrogen (secondary N) is 1. The van der Waals surface area contributed by atoms with Crippen LogP contribution in [0.4, 0.5) is 29.2 Å². The van der Waals surface area contributed by atoms with Gasteiger partial charge in [-0.2, -0.15) is 15.2 Å². The zero-order valence-electron chi connectivity index (χ0n) is 35.6. The molecule has 17 heteroatoms. The van der Waals surface area contributed by atoms with E-state index >= 15 is 4.39 Å². The van der Waals surface area contributed by atoms with E-state index in [0.29, 0.717) is 42.3 Å². The first-order valence-corrected chi connectivity index (χ1v) is 21.1. The van der Waals surface area contributed by atoms with Gasteiger partial charge in [-0.25, -0.2) is 18.4 Å². The molecule has 312 valence electrons. The molecule has 0 spiro atoms. The summed E-state index contributed by atoms with van der Waals surface area (Å²) in [5.74, 6) is -0.668. The van der Waals surface area contributed by atoms with E-state index in [-0.39, 0.29) is 81.3 Å². The lowest BCUT2D eigenvalue weighted by Gasteiger charge is -2.46. The Hall–Kier alpha value is -4.72.